The van der Waals surface area contributed by atoms with E-state index in [9.17, 15) is 24.4 Å². The zero-order valence-electron chi connectivity index (χ0n) is 25.1. The molecule has 12 nitrogen and oxygen atoms in total. The second-order valence-electron chi connectivity index (χ2n) is 9.23. The smallest absolute Gasteiger partial charge is 0.243 e. The van der Waals surface area contributed by atoms with E-state index in [2.05, 4.69) is 17.2 Å². The highest BCUT2D eigenvalue weighted by Gasteiger charge is 2.12. The Hall–Kier alpha value is -3.53. The van der Waals surface area contributed by atoms with Gasteiger partial charge in [0.2, 0.25) is 17.7 Å². The SMILES string of the molecule is C=C(CCC(=O)N(C#N)CCCCCNC)NCC/C=C/CN(O)C(C)=O.CN(C/C=C/CCN)C(=O)CCC=O. The van der Waals surface area contributed by atoms with Crippen LogP contribution in [-0.2, 0) is 19.2 Å². The van der Waals surface area contributed by atoms with Gasteiger partial charge in [-0.15, -0.1) is 0 Å². The van der Waals surface area contributed by atoms with Gasteiger partial charge in [0, 0.05) is 58.6 Å². The summed E-state index contributed by atoms with van der Waals surface area (Å²) in [7, 11) is 3.62. The fraction of sp³-hybridized carbons (Fsp3) is 0.621. The van der Waals surface area contributed by atoms with E-state index in [-0.39, 0.29) is 24.8 Å². The van der Waals surface area contributed by atoms with E-state index in [0.29, 0.717) is 56.9 Å². The summed E-state index contributed by atoms with van der Waals surface area (Å²) in [4.78, 5) is 47.0. The molecule has 12 heteroatoms. The summed E-state index contributed by atoms with van der Waals surface area (Å²) in [6.45, 7) is 8.59. The number of likely N-dealkylation sites (N-methyl/N-ethyl adjacent to an activating group) is 1. The van der Waals surface area contributed by atoms with Crippen LogP contribution in [0, 0.1) is 11.5 Å². The van der Waals surface area contributed by atoms with Gasteiger partial charge in [0.1, 0.15) is 6.29 Å². The van der Waals surface area contributed by atoms with Gasteiger partial charge in [0.25, 0.3) is 0 Å². The van der Waals surface area contributed by atoms with Crippen molar-refractivity contribution in [3.63, 3.8) is 0 Å². The van der Waals surface area contributed by atoms with Gasteiger partial charge < -0.3 is 26.1 Å². The third-order valence-electron chi connectivity index (χ3n) is 5.65. The Kier molecular flexibility index (Phi) is 27.1. The molecule has 0 rings (SSSR count). The molecule has 0 bridgehead atoms. The molecule has 0 unspecified atom stereocenters. The molecule has 0 aliphatic heterocycles. The number of carbonyl (C=O) groups is 4. The average Bonchev–Trinajstić information content (AvgIpc) is 2.96. The summed E-state index contributed by atoms with van der Waals surface area (Å²) in [6.07, 6.45) is 15.8. The molecule has 0 saturated heterocycles. The monoisotopic (exact) mass is 577 g/mol. The summed E-state index contributed by atoms with van der Waals surface area (Å²) < 4.78 is 0. The van der Waals surface area contributed by atoms with Crippen LogP contribution in [0.25, 0.3) is 0 Å². The molecule has 0 aromatic heterocycles. The number of nitrogens with zero attached hydrogens (tertiary/aromatic N) is 4. The summed E-state index contributed by atoms with van der Waals surface area (Å²) >= 11 is 0. The van der Waals surface area contributed by atoms with Crippen molar-refractivity contribution in [2.45, 2.75) is 64.7 Å². The van der Waals surface area contributed by atoms with Crippen molar-refractivity contribution in [3.05, 3.63) is 36.6 Å². The fourth-order valence-corrected chi connectivity index (χ4v) is 3.13. The Labute approximate surface area is 245 Å². The first kappa shape index (κ1) is 39.6. The first-order valence-corrected chi connectivity index (χ1v) is 14.0. The minimum atomic E-state index is -0.403. The molecular formula is C29H51N7O5. The zero-order chi connectivity index (χ0) is 31.3. The fourth-order valence-electron chi connectivity index (χ4n) is 3.13. The molecule has 0 saturated carbocycles. The first-order chi connectivity index (χ1) is 19.6. The molecule has 0 radical (unpaired) electrons. The second kappa shape index (κ2) is 28.0. The lowest BCUT2D eigenvalue weighted by Crippen LogP contribution is -2.27. The molecule has 3 amide bonds. The van der Waals surface area contributed by atoms with Gasteiger partial charge in [-0.2, -0.15) is 5.26 Å². The lowest BCUT2D eigenvalue weighted by molar-refractivity contribution is -0.160. The number of rotatable bonds is 22. The van der Waals surface area contributed by atoms with Crippen LogP contribution in [0.15, 0.2) is 36.6 Å². The standard InChI is InChI=1S/C19H33N5O3.C10H18N2O2/c1-17(22-13-7-5-9-15-24(27)18(2)25)10-11-19(26)23(16-20)14-8-4-6-12-21-3;1-12(8-4-2-3-7-11)10(14)6-5-9-13/h5,9,21-22,27H,1,4,6-8,10-15H2,2-3H3;2,4,9H,3,5-8,11H2,1H3/b9-5+;4-2+. The molecule has 0 spiro atoms. The minimum absolute atomic E-state index is 0.00509. The van der Waals surface area contributed by atoms with E-state index >= 15 is 0 Å². The largest absolute Gasteiger partial charge is 0.388 e. The van der Waals surface area contributed by atoms with E-state index in [0.717, 1.165) is 44.2 Å². The topological polar surface area (TPSA) is 172 Å². The van der Waals surface area contributed by atoms with Gasteiger partial charge >= 0.3 is 0 Å². The van der Waals surface area contributed by atoms with E-state index in [1.807, 2.05) is 31.5 Å². The van der Waals surface area contributed by atoms with Crippen LogP contribution in [0.4, 0.5) is 0 Å². The highest BCUT2D eigenvalue weighted by molar-refractivity contribution is 5.78. The van der Waals surface area contributed by atoms with Crippen LogP contribution >= 0.6 is 0 Å². The number of nitrogens with two attached hydrogens (primary N) is 1. The highest BCUT2D eigenvalue weighted by atomic mass is 16.5. The molecule has 0 fully saturated rings. The van der Waals surface area contributed by atoms with Gasteiger partial charge in [-0.05, 0) is 52.2 Å². The number of hydroxylamine groups is 2. The average molecular weight is 578 g/mol. The van der Waals surface area contributed by atoms with Gasteiger partial charge in [-0.1, -0.05) is 37.3 Å². The highest BCUT2D eigenvalue weighted by Crippen LogP contribution is 2.05. The Bertz CT molecular complexity index is 855. The number of nitrogens with one attached hydrogen (secondary N) is 2. The zero-order valence-corrected chi connectivity index (χ0v) is 25.1. The molecule has 0 atom stereocenters. The molecule has 0 aliphatic rings. The van der Waals surface area contributed by atoms with Crippen molar-refractivity contribution in [3.8, 4) is 6.19 Å². The van der Waals surface area contributed by atoms with E-state index in [4.69, 9.17) is 11.0 Å². The summed E-state index contributed by atoms with van der Waals surface area (Å²) in [5.41, 5.74) is 6.05. The number of nitriles is 1. The molecule has 41 heavy (non-hydrogen) atoms. The predicted molar refractivity (Wildman–Crippen MR) is 160 cm³/mol. The van der Waals surface area contributed by atoms with Crippen molar-refractivity contribution >= 4 is 24.0 Å². The molecule has 5 N–H and O–H groups in total. The van der Waals surface area contributed by atoms with Gasteiger partial charge in [-0.25, -0.2) is 9.96 Å². The molecule has 0 aromatic rings. The number of hydrogen-bond acceptors (Lipinski definition) is 9. The second-order valence-corrected chi connectivity index (χ2v) is 9.23. The molecule has 0 heterocycles. The third kappa shape index (κ3) is 25.2. The lowest BCUT2D eigenvalue weighted by Gasteiger charge is -2.14. The molecule has 232 valence electrons. The van der Waals surface area contributed by atoms with Crippen molar-refractivity contribution in [2.75, 3.05) is 53.4 Å². The molecule has 0 aliphatic carbocycles. The Morgan fingerprint density at radius 3 is 2.24 bits per heavy atom. The Morgan fingerprint density at radius 1 is 0.951 bits per heavy atom. The molecular weight excluding hydrogens is 526 g/mol. The third-order valence-corrected chi connectivity index (χ3v) is 5.65. The number of hydrogen-bond donors (Lipinski definition) is 4. The van der Waals surface area contributed by atoms with Crippen LogP contribution in [0.2, 0.25) is 0 Å². The number of allylic oxidation sites excluding steroid dienone is 1. The number of aldehydes is 1. The Balaban J connectivity index is 0. The van der Waals surface area contributed by atoms with E-state index in [1.54, 1.807) is 18.0 Å². The van der Waals surface area contributed by atoms with Gasteiger partial charge in [0.15, 0.2) is 6.19 Å². The minimum Gasteiger partial charge on any atom is -0.388 e. The Morgan fingerprint density at radius 2 is 1.63 bits per heavy atom. The summed E-state index contributed by atoms with van der Waals surface area (Å²) in [6, 6.07) is 0. The maximum atomic E-state index is 12.1. The molecule has 0 aromatic carbocycles. The van der Waals surface area contributed by atoms with Crippen molar-refractivity contribution < 1.29 is 24.4 Å². The van der Waals surface area contributed by atoms with Crippen molar-refractivity contribution in [1.29, 1.82) is 5.26 Å². The number of carbonyl (C=O) groups excluding carboxylic acids is 4. The van der Waals surface area contributed by atoms with Crippen LogP contribution in [0.5, 0.6) is 0 Å². The lowest BCUT2D eigenvalue weighted by atomic mass is 10.2. The summed E-state index contributed by atoms with van der Waals surface area (Å²) in [5.74, 6) is -0.587. The van der Waals surface area contributed by atoms with Crippen LogP contribution in [0.1, 0.15) is 64.7 Å². The van der Waals surface area contributed by atoms with Crippen molar-refractivity contribution in [2.24, 2.45) is 5.73 Å². The van der Waals surface area contributed by atoms with Gasteiger partial charge in [0.05, 0.1) is 6.54 Å². The first-order valence-electron chi connectivity index (χ1n) is 14.0. The van der Waals surface area contributed by atoms with Crippen LogP contribution in [-0.4, -0.2) is 97.4 Å². The van der Waals surface area contributed by atoms with Crippen LogP contribution in [0.3, 0.4) is 0 Å². The van der Waals surface area contributed by atoms with Gasteiger partial charge in [-0.3, -0.25) is 19.6 Å². The normalized spacial score (nSPS) is 10.4. The maximum Gasteiger partial charge on any atom is 0.243 e. The number of amides is 3. The van der Waals surface area contributed by atoms with E-state index in [1.165, 1.54) is 11.8 Å². The maximum absolute atomic E-state index is 12.1. The van der Waals surface area contributed by atoms with E-state index < -0.39 is 5.91 Å². The number of unbranched alkanes of at least 4 members (excludes halogenated alkanes) is 2. The quantitative estimate of drug-likeness (QED) is 0.0286. The summed E-state index contributed by atoms with van der Waals surface area (Å²) in [5, 5.41) is 25.1. The van der Waals surface area contributed by atoms with Crippen molar-refractivity contribution in [1.82, 2.24) is 25.5 Å². The predicted octanol–water partition coefficient (Wildman–Crippen LogP) is 2.08. The van der Waals surface area contributed by atoms with Crippen LogP contribution < -0.4 is 16.4 Å².